The van der Waals surface area contributed by atoms with Gasteiger partial charge < -0.3 is 14.7 Å². The maximum atomic E-state index is 12.0. The smallest absolute Gasteiger partial charge is 0.410 e. The minimum Gasteiger partial charge on any atom is -0.481 e. The molecule has 0 aromatic carbocycles. The summed E-state index contributed by atoms with van der Waals surface area (Å²) in [6.07, 6.45) is 1.88. The van der Waals surface area contributed by atoms with Crippen LogP contribution in [0.2, 0.25) is 0 Å². The van der Waals surface area contributed by atoms with Gasteiger partial charge >= 0.3 is 12.1 Å². The van der Waals surface area contributed by atoms with Gasteiger partial charge in [0.1, 0.15) is 5.60 Å². The monoisotopic (exact) mass is 241 g/mol. The Hall–Kier alpha value is -1.26. The molecule has 0 saturated carbocycles. The van der Waals surface area contributed by atoms with Gasteiger partial charge in [0.05, 0.1) is 5.92 Å². The molecule has 0 aromatic heterocycles. The van der Waals surface area contributed by atoms with E-state index in [0.717, 1.165) is 12.8 Å². The topological polar surface area (TPSA) is 66.8 Å². The third kappa shape index (κ3) is 2.23. The molecule has 2 saturated heterocycles. The number of hydrogen-bond acceptors (Lipinski definition) is 3. The highest BCUT2D eigenvalue weighted by atomic mass is 16.6. The molecule has 5 nitrogen and oxygen atoms in total. The molecule has 17 heavy (non-hydrogen) atoms. The van der Waals surface area contributed by atoms with Crippen LogP contribution in [0.1, 0.15) is 40.0 Å². The number of hydrogen-bond donors (Lipinski definition) is 1. The van der Waals surface area contributed by atoms with Crippen molar-refractivity contribution in [1.29, 1.82) is 0 Å². The molecule has 0 radical (unpaired) electrons. The fourth-order valence-corrected chi connectivity index (χ4v) is 2.85. The van der Waals surface area contributed by atoms with Gasteiger partial charge in [0.25, 0.3) is 0 Å². The lowest BCUT2D eigenvalue weighted by Gasteiger charge is -2.27. The van der Waals surface area contributed by atoms with E-state index < -0.39 is 17.5 Å². The van der Waals surface area contributed by atoms with Gasteiger partial charge in [-0.2, -0.15) is 0 Å². The number of fused-ring (bicyclic) bond motifs is 2. The van der Waals surface area contributed by atoms with Crippen LogP contribution in [0.25, 0.3) is 0 Å². The van der Waals surface area contributed by atoms with Crippen molar-refractivity contribution in [3.05, 3.63) is 0 Å². The van der Waals surface area contributed by atoms with E-state index >= 15 is 0 Å². The number of aliphatic carboxylic acids is 1. The molecular formula is C12H19NO4. The second-order valence-corrected chi connectivity index (χ2v) is 5.87. The fraction of sp³-hybridized carbons (Fsp3) is 0.833. The first-order chi connectivity index (χ1) is 7.79. The fourth-order valence-electron chi connectivity index (χ4n) is 2.85. The van der Waals surface area contributed by atoms with Crippen LogP contribution < -0.4 is 0 Å². The van der Waals surface area contributed by atoms with Crippen molar-refractivity contribution in [2.24, 2.45) is 5.92 Å². The van der Waals surface area contributed by atoms with Crippen LogP contribution in [0, 0.1) is 5.92 Å². The Morgan fingerprint density at radius 2 is 1.94 bits per heavy atom. The molecule has 1 amide bonds. The van der Waals surface area contributed by atoms with E-state index in [1.54, 1.807) is 4.90 Å². The van der Waals surface area contributed by atoms with Crippen LogP contribution in [0.4, 0.5) is 4.79 Å². The zero-order valence-corrected chi connectivity index (χ0v) is 10.5. The zero-order chi connectivity index (χ0) is 12.8. The van der Waals surface area contributed by atoms with Gasteiger partial charge in [-0.25, -0.2) is 4.79 Å². The number of carboxylic acid groups (broad SMARTS) is 1. The van der Waals surface area contributed by atoms with E-state index in [0.29, 0.717) is 6.42 Å². The van der Waals surface area contributed by atoms with E-state index in [9.17, 15) is 9.59 Å². The molecule has 2 heterocycles. The first-order valence-electron chi connectivity index (χ1n) is 6.04. The van der Waals surface area contributed by atoms with E-state index in [1.165, 1.54) is 0 Å². The van der Waals surface area contributed by atoms with Crippen molar-refractivity contribution in [3.63, 3.8) is 0 Å². The third-order valence-electron chi connectivity index (χ3n) is 3.46. The standard InChI is InChI=1S/C12H19NO4/c1-12(2,3)17-11(16)13-7-4-5-9(13)8(6-7)10(14)15/h7-9H,4-6H2,1-3H3,(H,14,15)/t7-,8?,9+/m0/s1. The number of carbonyl (C=O) groups excluding carboxylic acids is 1. The van der Waals surface area contributed by atoms with Crippen molar-refractivity contribution in [2.45, 2.75) is 57.7 Å². The van der Waals surface area contributed by atoms with Gasteiger partial charge in [0.15, 0.2) is 0 Å². The summed E-state index contributed by atoms with van der Waals surface area (Å²) in [5.74, 6) is -1.22. The molecule has 0 aliphatic carbocycles. The molecule has 1 unspecified atom stereocenters. The number of carbonyl (C=O) groups is 2. The van der Waals surface area contributed by atoms with Crippen LogP contribution in [-0.4, -0.2) is 39.8 Å². The average Bonchev–Trinajstić information content (AvgIpc) is 2.70. The quantitative estimate of drug-likeness (QED) is 0.761. The number of nitrogens with zero attached hydrogens (tertiary/aromatic N) is 1. The summed E-state index contributed by atoms with van der Waals surface area (Å²) in [5, 5.41) is 9.09. The van der Waals surface area contributed by atoms with Crippen LogP contribution in [0.5, 0.6) is 0 Å². The van der Waals surface area contributed by atoms with E-state index in [4.69, 9.17) is 9.84 Å². The lowest BCUT2D eigenvalue weighted by molar-refractivity contribution is -0.142. The molecule has 5 heteroatoms. The Balaban J connectivity index is 2.08. The maximum Gasteiger partial charge on any atom is 0.410 e. The Bertz CT molecular complexity index is 347. The first kappa shape index (κ1) is 12.2. The van der Waals surface area contributed by atoms with E-state index in [1.807, 2.05) is 20.8 Å². The van der Waals surface area contributed by atoms with Gasteiger partial charge in [-0.1, -0.05) is 0 Å². The zero-order valence-electron chi connectivity index (χ0n) is 10.5. The predicted octanol–water partition coefficient (Wildman–Crippen LogP) is 1.86. The van der Waals surface area contributed by atoms with Crippen LogP contribution >= 0.6 is 0 Å². The molecule has 2 bridgehead atoms. The Morgan fingerprint density at radius 1 is 1.29 bits per heavy atom. The first-order valence-corrected chi connectivity index (χ1v) is 6.04. The van der Waals surface area contributed by atoms with Gasteiger partial charge in [-0.3, -0.25) is 4.79 Å². The molecule has 2 fully saturated rings. The number of amides is 1. The summed E-state index contributed by atoms with van der Waals surface area (Å²) in [6, 6.07) is -0.122. The van der Waals surface area contributed by atoms with Crippen molar-refractivity contribution in [2.75, 3.05) is 0 Å². The molecule has 0 spiro atoms. The Labute approximate surface area is 101 Å². The Kier molecular flexibility index (Phi) is 2.79. The minimum absolute atomic E-state index is 0.0518. The summed E-state index contributed by atoms with van der Waals surface area (Å²) in [6.45, 7) is 5.45. The summed E-state index contributed by atoms with van der Waals surface area (Å²) < 4.78 is 5.32. The van der Waals surface area contributed by atoms with Crippen LogP contribution in [0.15, 0.2) is 0 Å². The SMILES string of the molecule is CC(C)(C)OC(=O)N1[C@H]2CC[C@@H]1C(C(=O)O)C2. The lowest BCUT2D eigenvalue weighted by atomic mass is 9.89. The summed E-state index contributed by atoms with van der Waals surface area (Å²) in [5.41, 5.74) is -0.530. The highest BCUT2D eigenvalue weighted by Gasteiger charge is 2.52. The number of carboxylic acids is 1. The average molecular weight is 241 g/mol. The van der Waals surface area contributed by atoms with Crippen molar-refractivity contribution >= 4 is 12.1 Å². The highest BCUT2D eigenvalue weighted by molar-refractivity contribution is 5.76. The molecule has 2 aliphatic heterocycles. The molecular weight excluding hydrogens is 222 g/mol. The van der Waals surface area contributed by atoms with Crippen molar-refractivity contribution in [3.8, 4) is 0 Å². The minimum atomic E-state index is -0.800. The molecule has 2 aliphatic rings. The second kappa shape index (κ2) is 3.89. The molecule has 96 valence electrons. The largest absolute Gasteiger partial charge is 0.481 e. The second-order valence-electron chi connectivity index (χ2n) is 5.87. The highest BCUT2D eigenvalue weighted by Crippen LogP contribution is 2.42. The van der Waals surface area contributed by atoms with E-state index in [2.05, 4.69) is 0 Å². The summed E-state index contributed by atoms with van der Waals surface area (Å²) >= 11 is 0. The van der Waals surface area contributed by atoms with Crippen molar-refractivity contribution < 1.29 is 19.4 Å². The number of rotatable bonds is 1. The molecule has 2 rings (SSSR count). The van der Waals surface area contributed by atoms with Crippen LogP contribution in [-0.2, 0) is 9.53 Å². The molecule has 3 atom stereocenters. The van der Waals surface area contributed by atoms with Gasteiger partial charge in [-0.05, 0) is 40.0 Å². The van der Waals surface area contributed by atoms with Gasteiger partial charge in [0, 0.05) is 12.1 Å². The molecule has 0 aromatic rings. The molecule has 1 N–H and O–H groups in total. The number of ether oxygens (including phenoxy) is 1. The predicted molar refractivity (Wildman–Crippen MR) is 60.6 cm³/mol. The summed E-state index contributed by atoms with van der Waals surface area (Å²) in [4.78, 5) is 24.7. The maximum absolute atomic E-state index is 12.0. The van der Waals surface area contributed by atoms with Gasteiger partial charge in [0.2, 0.25) is 0 Å². The normalized spacial score (nSPS) is 31.7. The van der Waals surface area contributed by atoms with E-state index in [-0.39, 0.29) is 18.2 Å². The van der Waals surface area contributed by atoms with Crippen molar-refractivity contribution in [1.82, 2.24) is 4.90 Å². The summed E-state index contributed by atoms with van der Waals surface area (Å²) in [7, 11) is 0. The van der Waals surface area contributed by atoms with Crippen LogP contribution in [0.3, 0.4) is 0 Å². The third-order valence-corrected chi connectivity index (χ3v) is 3.46. The van der Waals surface area contributed by atoms with Gasteiger partial charge in [-0.15, -0.1) is 0 Å². The lowest BCUT2D eigenvalue weighted by Crippen LogP contribution is -2.41. The Morgan fingerprint density at radius 3 is 2.41 bits per heavy atom.